The molecule has 0 amide bonds. The number of carbonyl (C=O) groups excluding carboxylic acids is 1. The first-order valence-corrected chi connectivity index (χ1v) is 8.34. The summed E-state index contributed by atoms with van der Waals surface area (Å²) in [4.78, 5) is 12.4. The molecule has 4 nitrogen and oxygen atoms in total. The predicted octanol–water partition coefficient (Wildman–Crippen LogP) is 3.93. The van der Waals surface area contributed by atoms with Gasteiger partial charge in [0.2, 0.25) is 0 Å². The number of hydrogen-bond acceptors (Lipinski definition) is 5. The van der Waals surface area contributed by atoms with Crippen molar-refractivity contribution in [1.82, 2.24) is 0 Å². The van der Waals surface area contributed by atoms with Gasteiger partial charge in [0, 0.05) is 10.6 Å². The summed E-state index contributed by atoms with van der Waals surface area (Å²) >= 11 is 1.66. The average molecular weight is 332 g/mol. The Hall–Kier alpha value is -2.14. The second-order valence-electron chi connectivity index (χ2n) is 4.68. The van der Waals surface area contributed by atoms with E-state index in [1.54, 1.807) is 25.8 Å². The summed E-state index contributed by atoms with van der Waals surface area (Å²) in [6.45, 7) is 2.06. The molecule has 0 unspecified atom stereocenters. The minimum atomic E-state index is -0.359. The predicted molar refractivity (Wildman–Crippen MR) is 91.1 cm³/mol. The van der Waals surface area contributed by atoms with Crippen LogP contribution in [0.15, 0.2) is 53.4 Å². The molecule has 2 rings (SSSR count). The highest BCUT2D eigenvalue weighted by atomic mass is 32.2. The number of ether oxygens (including phenoxy) is 3. The van der Waals surface area contributed by atoms with Crippen LogP contribution in [0.1, 0.15) is 12.5 Å². The molecule has 0 atom stereocenters. The molecule has 0 saturated heterocycles. The first-order chi connectivity index (χ1) is 11.2. The van der Waals surface area contributed by atoms with E-state index in [2.05, 4.69) is 0 Å². The fourth-order valence-corrected chi connectivity index (χ4v) is 2.87. The number of para-hydroxylation sites is 1. The van der Waals surface area contributed by atoms with Gasteiger partial charge in [0.1, 0.15) is 11.5 Å². The number of esters is 1. The van der Waals surface area contributed by atoms with Crippen LogP contribution >= 0.6 is 11.8 Å². The fourth-order valence-electron chi connectivity index (χ4n) is 1.91. The molecule has 0 spiro atoms. The first kappa shape index (κ1) is 17.2. The van der Waals surface area contributed by atoms with Gasteiger partial charge in [0.25, 0.3) is 0 Å². The monoisotopic (exact) mass is 332 g/mol. The summed E-state index contributed by atoms with van der Waals surface area (Å²) < 4.78 is 15.6. The summed E-state index contributed by atoms with van der Waals surface area (Å²) in [5, 5.41) is 0. The molecule has 0 saturated carbocycles. The van der Waals surface area contributed by atoms with Crippen LogP contribution in [0, 0.1) is 0 Å². The lowest BCUT2D eigenvalue weighted by atomic mass is 10.2. The van der Waals surface area contributed by atoms with Crippen LogP contribution in [0.3, 0.4) is 0 Å². The molecular formula is C18H20O4S. The van der Waals surface area contributed by atoms with Crippen LogP contribution in [0.5, 0.6) is 11.5 Å². The van der Waals surface area contributed by atoms with Crippen molar-refractivity contribution in [2.75, 3.05) is 20.3 Å². The smallest absolute Gasteiger partial charge is 0.344 e. The van der Waals surface area contributed by atoms with E-state index in [4.69, 9.17) is 14.2 Å². The SMILES string of the molecule is CCOC(=O)COc1ccccc1SCc1ccc(OC)cc1. The summed E-state index contributed by atoms with van der Waals surface area (Å²) in [5.41, 5.74) is 1.19. The fraction of sp³-hybridized carbons (Fsp3) is 0.278. The maximum Gasteiger partial charge on any atom is 0.344 e. The van der Waals surface area contributed by atoms with E-state index in [0.717, 1.165) is 16.4 Å². The average Bonchev–Trinajstić information content (AvgIpc) is 2.59. The molecule has 0 aliphatic carbocycles. The number of benzene rings is 2. The molecular weight excluding hydrogens is 312 g/mol. The van der Waals surface area contributed by atoms with Gasteiger partial charge in [-0.1, -0.05) is 24.3 Å². The zero-order chi connectivity index (χ0) is 16.5. The van der Waals surface area contributed by atoms with Gasteiger partial charge >= 0.3 is 5.97 Å². The molecule has 0 aliphatic rings. The van der Waals surface area contributed by atoms with Gasteiger partial charge in [0.05, 0.1) is 13.7 Å². The Morgan fingerprint density at radius 1 is 1.09 bits per heavy atom. The van der Waals surface area contributed by atoms with Gasteiger partial charge in [-0.25, -0.2) is 4.79 Å². The second kappa shape index (κ2) is 9.10. The first-order valence-electron chi connectivity index (χ1n) is 7.36. The Morgan fingerprint density at radius 3 is 2.52 bits per heavy atom. The van der Waals surface area contributed by atoms with Crippen molar-refractivity contribution in [1.29, 1.82) is 0 Å². The Bertz CT molecular complexity index is 625. The van der Waals surface area contributed by atoms with Gasteiger partial charge < -0.3 is 14.2 Å². The standard InChI is InChI=1S/C18H20O4S/c1-3-21-18(19)12-22-16-6-4-5-7-17(16)23-13-14-8-10-15(20-2)11-9-14/h4-11H,3,12-13H2,1-2H3. The minimum Gasteiger partial charge on any atom is -0.497 e. The number of thioether (sulfide) groups is 1. The van der Waals surface area contributed by atoms with E-state index in [1.165, 1.54) is 5.56 Å². The van der Waals surface area contributed by atoms with Crippen LogP contribution in [-0.4, -0.2) is 26.3 Å². The molecule has 122 valence electrons. The highest BCUT2D eigenvalue weighted by Crippen LogP contribution is 2.31. The molecule has 0 bridgehead atoms. The van der Waals surface area contributed by atoms with Gasteiger partial charge in [-0.05, 0) is 36.8 Å². The lowest BCUT2D eigenvalue weighted by Gasteiger charge is -2.11. The van der Waals surface area contributed by atoms with Crippen molar-refractivity contribution in [3.8, 4) is 11.5 Å². The van der Waals surface area contributed by atoms with E-state index in [0.29, 0.717) is 12.4 Å². The maximum absolute atomic E-state index is 11.4. The molecule has 0 N–H and O–H groups in total. The molecule has 2 aromatic carbocycles. The second-order valence-corrected chi connectivity index (χ2v) is 5.69. The van der Waals surface area contributed by atoms with Crippen LogP contribution in [0.4, 0.5) is 0 Å². The van der Waals surface area contributed by atoms with Gasteiger partial charge in [-0.2, -0.15) is 0 Å². The zero-order valence-electron chi connectivity index (χ0n) is 13.3. The van der Waals surface area contributed by atoms with Gasteiger partial charge in [-0.3, -0.25) is 0 Å². The maximum atomic E-state index is 11.4. The van der Waals surface area contributed by atoms with Crippen LogP contribution < -0.4 is 9.47 Å². The molecule has 0 aromatic heterocycles. The molecule has 23 heavy (non-hydrogen) atoms. The third-order valence-electron chi connectivity index (χ3n) is 3.05. The largest absolute Gasteiger partial charge is 0.497 e. The topological polar surface area (TPSA) is 44.8 Å². The lowest BCUT2D eigenvalue weighted by molar-refractivity contribution is -0.145. The van der Waals surface area contributed by atoms with Gasteiger partial charge in [0.15, 0.2) is 6.61 Å². The quantitative estimate of drug-likeness (QED) is 0.541. The van der Waals surface area contributed by atoms with Crippen molar-refractivity contribution >= 4 is 17.7 Å². The van der Waals surface area contributed by atoms with E-state index in [-0.39, 0.29) is 12.6 Å². The summed E-state index contributed by atoms with van der Waals surface area (Å²) in [7, 11) is 1.65. The lowest BCUT2D eigenvalue weighted by Crippen LogP contribution is -2.14. The third-order valence-corrected chi connectivity index (χ3v) is 4.18. The number of carbonyl (C=O) groups is 1. The molecule has 0 aliphatic heterocycles. The third kappa shape index (κ3) is 5.53. The van der Waals surface area contributed by atoms with E-state index < -0.39 is 0 Å². The Labute approximate surface area is 140 Å². The number of hydrogen-bond donors (Lipinski definition) is 0. The zero-order valence-corrected chi connectivity index (χ0v) is 14.1. The molecule has 0 heterocycles. The number of methoxy groups -OCH3 is 1. The summed E-state index contributed by atoms with van der Waals surface area (Å²) in [6, 6.07) is 15.6. The van der Waals surface area contributed by atoms with Crippen LogP contribution in [-0.2, 0) is 15.3 Å². The molecule has 5 heteroatoms. The van der Waals surface area contributed by atoms with Crippen LogP contribution in [0.25, 0.3) is 0 Å². The van der Waals surface area contributed by atoms with E-state index >= 15 is 0 Å². The Balaban J connectivity index is 1.95. The Kier molecular flexibility index (Phi) is 6.81. The normalized spacial score (nSPS) is 10.2. The van der Waals surface area contributed by atoms with E-state index in [9.17, 15) is 4.79 Å². The molecule has 2 aromatic rings. The summed E-state index contributed by atoms with van der Waals surface area (Å²) in [6.07, 6.45) is 0. The molecule has 0 radical (unpaired) electrons. The Morgan fingerprint density at radius 2 is 1.83 bits per heavy atom. The highest BCUT2D eigenvalue weighted by molar-refractivity contribution is 7.98. The minimum absolute atomic E-state index is 0.0754. The van der Waals surface area contributed by atoms with Crippen molar-refractivity contribution in [2.45, 2.75) is 17.6 Å². The van der Waals surface area contributed by atoms with E-state index in [1.807, 2.05) is 48.5 Å². The summed E-state index contributed by atoms with van der Waals surface area (Å²) in [5.74, 6) is 1.99. The van der Waals surface area contributed by atoms with Crippen LogP contribution in [0.2, 0.25) is 0 Å². The van der Waals surface area contributed by atoms with Crippen molar-refractivity contribution in [3.63, 3.8) is 0 Å². The van der Waals surface area contributed by atoms with Crippen molar-refractivity contribution < 1.29 is 19.0 Å². The highest BCUT2D eigenvalue weighted by Gasteiger charge is 2.08. The van der Waals surface area contributed by atoms with Crippen molar-refractivity contribution in [3.05, 3.63) is 54.1 Å². The molecule has 0 fully saturated rings. The number of rotatable bonds is 8. The van der Waals surface area contributed by atoms with Crippen molar-refractivity contribution in [2.24, 2.45) is 0 Å². The van der Waals surface area contributed by atoms with Gasteiger partial charge in [-0.15, -0.1) is 11.8 Å².